The van der Waals surface area contributed by atoms with Gasteiger partial charge in [-0.15, -0.1) is 0 Å². The Morgan fingerprint density at radius 3 is 2.83 bits per heavy atom. The van der Waals surface area contributed by atoms with Gasteiger partial charge in [0.2, 0.25) is 0 Å². The Bertz CT molecular complexity index is 493. The first-order valence-corrected chi connectivity index (χ1v) is 8.64. The van der Waals surface area contributed by atoms with Gasteiger partial charge in [-0.1, -0.05) is 19.8 Å². The van der Waals surface area contributed by atoms with Gasteiger partial charge < -0.3 is 20.4 Å². The summed E-state index contributed by atoms with van der Waals surface area (Å²) in [6.07, 6.45) is 8.34. The summed E-state index contributed by atoms with van der Waals surface area (Å²) in [5.74, 6) is 0.519. The van der Waals surface area contributed by atoms with E-state index in [0.29, 0.717) is 12.5 Å². The predicted molar refractivity (Wildman–Crippen MR) is 92.2 cm³/mol. The Balaban J connectivity index is 1.97. The molecule has 5 nitrogen and oxygen atoms in total. The summed E-state index contributed by atoms with van der Waals surface area (Å²) < 4.78 is 5.38. The van der Waals surface area contributed by atoms with Crippen LogP contribution in [0.4, 0.5) is 4.79 Å². The predicted octanol–water partition coefficient (Wildman–Crippen LogP) is 3.58. The molecule has 1 aliphatic carbocycles. The Hall–Kier alpha value is -1.49. The van der Waals surface area contributed by atoms with Crippen LogP contribution in [0, 0.1) is 5.92 Å². The number of hydrogen-bond donors (Lipinski definition) is 3. The summed E-state index contributed by atoms with van der Waals surface area (Å²) in [6, 6.07) is 2.08. The van der Waals surface area contributed by atoms with E-state index in [-0.39, 0.29) is 11.6 Å². The summed E-state index contributed by atoms with van der Waals surface area (Å²) in [4.78, 5) is 15.1. The van der Waals surface area contributed by atoms with Crippen molar-refractivity contribution < 1.29 is 9.53 Å². The monoisotopic (exact) mass is 321 g/mol. The largest absolute Gasteiger partial charge is 0.444 e. The molecular weight excluding hydrogens is 290 g/mol. The number of carbonyl (C=O) groups excluding carboxylic acids is 1. The van der Waals surface area contributed by atoms with Crippen LogP contribution in [0.3, 0.4) is 0 Å². The van der Waals surface area contributed by atoms with Gasteiger partial charge in [0.05, 0.1) is 0 Å². The van der Waals surface area contributed by atoms with E-state index in [1.54, 1.807) is 0 Å². The highest BCUT2D eigenvalue weighted by Crippen LogP contribution is 2.33. The molecule has 130 valence electrons. The molecule has 0 bridgehead atoms. The fourth-order valence-corrected chi connectivity index (χ4v) is 3.29. The zero-order chi connectivity index (χ0) is 16.9. The van der Waals surface area contributed by atoms with Crippen molar-refractivity contribution in [3.05, 3.63) is 24.0 Å². The van der Waals surface area contributed by atoms with Crippen molar-refractivity contribution in [1.82, 2.24) is 15.6 Å². The second-order valence-electron chi connectivity index (χ2n) is 7.73. The van der Waals surface area contributed by atoms with Crippen LogP contribution in [0.15, 0.2) is 18.5 Å². The van der Waals surface area contributed by atoms with Crippen LogP contribution >= 0.6 is 0 Å². The molecule has 0 aromatic carbocycles. The van der Waals surface area contributed by atoms with Gasteiger partial charge in [-0.05, 0) is 51.2 Å². The van der Waals surface area contributed by atoms with Crippen LogP contribution in [0.25, 0.3) is 0 Å². The lowest BCUT2D eigenvalue weighted by atomic mass is 9.73. The molecule has 23 heavy (non-hydrogen) atoms. The fraction of sp³-hybridized carbons (Fsp3) is 0.722. The van der Waals surface area contributed by atoms with Crippen molar-refractivity contribution in [3.63, 3.8) is 0 Å². The highest BCUT2D eigenvalue weighted by atomic mass is 16.6. The number of aromatic nitrogens is 1. The minimum Gasteiger partial charge on any atom is -0.444 e. The van der Waals surface area contributed by atoms with E-state index in [4.69, 9.17) is 4.74 Å². The highest BCUT2D eigenvalue weighted by Gasteiger charge is 2.38. The number of amides is 1. The molecule has 1 heterocycles. The van der Waals surface area contributed by atoms with E-state index >= 15 is 0 Å². The third kappa shape index (κ3) is 5.27. The first-order chi connectivity index (χ1) is 10.8. The van der Waals surface area contributed by atoms with E-state index in [2.05, 4.69) is 28.6 Å². The smallest absolute Gasteiger partial charge is 0.407 e. The molecule has 0 aliphatic heterocycles. The molecule has 1 amide bonds. The summed E-state index contributed by atoms with van der Waals surface area (Å²) >= 11 is 0. The third-order valence-corrected chi connectivity index (χ3v) is 4.71. The van der Waals surface area contributed by atoms with E-state index in [0.717, 1.165) is 13.0 Å². The lowest BCUT2D eigenvalue weighted by molar-refractivity contribution is 0.0479. The average Bonchev–Trinajstić information content (AvgIpc) is 2.97. The molecule has 0 saturated heterocycles. The molecule has 1 saturated carbocycles. The van der Waals surface area contributed by atoms with Gasteiger partial charge in [-0.3, -0.25) is 0 Å². The molecule has 2 unspecified atom stereocenters. The van der Waals surface area contributed by atoms with Crippen LogP contribution in [-0.2, 0) is 11.3 Å². The van der Waals surface area contributed by atoms with Crippen LogP contribution in [-0.4, -0.2) is 28.8 Å². The number of aromatic amines is 1. The fourth-order valence-electron chi connectivity index (χ4n) is 3.29. The number of rotatable bonds is 5. The lowest BCUT2D eigenvalue weighted by Gasteiger charge is -2.44. The summed E-state index contributed by atoms with van der Waals surface area (Å²) in [6.45, 7) is 9.35. The number of H-pyrrole nitrogens is 1. The Morgan fingerprint density at radius 2 is 2.22 bits per heavy atom. The second kappa shape index (κ2) is 7.39. The van der Waals surface area contributed by atoms with Gasteiger partial charge in [-0.25, -0.2) is 4.79 Å². The van der Waals surface area contributed by atoms with Crippen molar-refractivity contribution in [1.29, 1.82) is 0 Å². The normalized spacial score (nSPS) is 25.1. The third-order valence-electron chi connectivity index (χ3n) is 4.71. The van der Waals surface area contributed by atoms with Crippen molar-refractivity contribution in [3.8, 4) is 0 Å². The Morgan fingerprint density at radius 1 is 1.43 bits per heavy atom. The minimum atomic E-state index is -0.464. The molecule has 5 heteroatoms. The number of nitrogens with one attached hydrogen (secondary N) is 3. The maximum Gasteiger partial charge on any atom is 0.407 e. The van der Waals surface area contributed by atoms with Gasteiger partial charge >= 0.3 is 6.09 Å². The molecule has 1 fully saturated rings. The summed E-state index contributed by atoms with van der Waals surface area (Å²) in [5, 5.41) is 6.69. The first kappa shape index (κ1) is 17.9. The second-order valence-corrected chi connectivity index (χ2v) is 7.73. The zero-order valence-corrected chi connectivity index (χ0v) is 14.9. The Kier molecular flexibility index (Phi) is 5.74. The molecule has 0 spiro atoms. The number of carbonyl (C=O) groups is 1. The molecule has 1 aliphatic rings. The van der Waals surface area contributed by atoms with Crippen LogP contribution in [0.1, 0.15) is 58.9 Å². The van der Waals surface area contributed by atoms with Crippen molar-refractivity contribution in [2.45, 2.75) is 71.1 Å². The van der Waals surface area contributed by atoms with Gasteiger partial charge in [-0.2, -0.15) is 0 Å². The highest BCUT2D eigenvalue weighted by molar-refractivity contribution is 5.67. The molecule has 2 rings (SSSR count). The maximum atomic E-state index is 12.0. The number of ether oxygens (including phenoxy) is 1. The maximum absolute atomic E-state index is 12.0. The quantitative estimate of drug-likeness (QED) is 0.776. The Labute approximate surface area is 139 Å². The van der Waals surface area contributed by atoms with Gasteiger partial charge in [0.25, 0.3) is 0 Å². The molecule has 1 aromatic rings. The van der Waals surface area contributed by atoms with Crippen LogP contribution < -0.4 is 10.6 Å². The lowest BCUT2D eigenvalue weighted by Crippen LogP contribution is -2.58. The SMILES string of the molecule is CC1CCCCC1(CNC(=O)OC(C)(C)C)NCc1cc[nH]c1. The minimum absolute atomic E-state index is 0.0631. The molecule has 3 N–H and O–H groups in total. The zero-order valence-electron chi connectivity index (χ0n) is 14.9. The van der Waals surface area contributed by atoms with Crippen molar-refractivity contribution in [2.75, 3.05) is 6.54 Å². The summed E-state index contributed by atoms with van der Waals surface area (Å²) in [7, 11) is 0. The standard InChI is InChI=1S/C18H31N3O2/c1-14-7-5-6-9-18(14,21-12-15-8-10-19-11-15)13-20-16(22)23-17(2,3)4/h8,10-11,14,19,21H,5-7,9,12-13H2,1-4H3,(H,20,22). The average molecular weight is 321 g/mol. The molecule has 1 aromatic heterocycles. The van der Waals surface area contributed by atoms with Gasteiger partial charge in [0, 0.05) is 31.0 Å². The van der Waals surface area contributed by atoms with Gasteiger partial charge in [0.1, 0.15) is 5.60 Å². The number of alkyl carbamates (subject to hydrolysis) is 1. The van der Waals surface area contributed by atoms with Crippen LogP contribution in [0.2, 0.25) is 0 Å². The van der Waals surface area contributed by atoms with Gasteiger partial charge in [0.15, 0.2) is 0 Å². The van der Waals surface area contributed by atoms with Crippen LogP contribution in [0.5, 0.6) is 0 Å². The van der Waals surface area contributed by atoms with E-state index < -0.39 is 5.60 Å². The molecule has 0 radical (unpaired) electrons. The first-order valence-electron chi connectivity index (χ1n) is 8.64. The molecular formula is C18H31N3O2. The summed E-state index contributed by atoms with van der Waals surface area (Å²) in [5.41, 5.74) is 0.708. The molecule has 2 atom stereocenters. The van der Waals surface area contributed by atoms with E-state index in [9.17, 15) is 4.79 Å². The number of hydrogen-bond acceptors (Lipinski definition) is 3. The van der Waals surface area contributed by atoms with Crippen molar-refractivity contribution >= 4 is 6.09 Å². The van der Waals surface area contributed by atoms with E-state index in [1.807, 2.05) is 33.2 Å². The topological polar surface area (TPSA) is 66.2 Å². The van der Waals surface area contributed by atoms with E-state index in [1.165, 1.54) is 24.8 Å². The van der Waals surface area contributed by atoms with Crippen molar-refractivity contribution in [2.24, 2.45) is 5.92 Å².